The SMILES string of the molecule is CCNc1cc(Nc2cc(C)ccc2Br)nc(C2CC2)n1. The second-order valence-electron chi connectivity index (χ2n) is 5.41. The minimum atomic E-state index is 0.533. The van der Waals surface area contributed by atoms with Crippen LogP contribution in [0.3, 0.4) is 0 Å². The van der Waals surface area contributed by atoms with E-state index in [9.17, 15) is 0 Å². The Morgan fingerprint density at radius 3 is 2.67 bits per heavy atom. The number of aryl methyl sites for hydroxylation is 1. The van der Waals surface area contributed by atoms with Crippen LogP contribution in [0.1, 0.15) is 37.1 Å². The highest BCUT2D eigenvalue weighted by molar-refractivity contribution is 9.10. The standard InChI is InChI=1S/C16H19BrN4/c1-3-18-14-9-15(21-16(20-14)11-5-6-11)19-13-8-10(2)4-7-12(13)17/h4,7-9,11H,3,5-6H2,1-2H3,(H2,18,19,20,21). The fourth-order valence-corrected chi connectivity index (χ4v) is 2.54. The van der Waals surface area contributed by atoms with E-state index in [0.717, 1.165) is 34.2 Å². The van der Waals surface area contributed by atoms with Crippen LogP contribution in [0.25, 0.3) is 0 Å². The first-order chi connectivity index (χ1) is 10.2. The van der Waals surface area contributed by atoms with Gasteiger partial charge in [-0.2, -0.15) is 0 Å². The quantitative estimate of drug-likeness (QED) is 0.830. The molecule has 1 aliphatic carbocycles. The number of halogens is 1. The summed E-state index contributed by atoms with van der Waals surface area (Å²) in [5.74, 6) is 3.21. The molecule has 0 spiro atoms. The molecule has 0 amide bonds. The van der Waals surface area contributed by atoms with Crippen LogP contribution in [0.2, 0.25) is 0 Å². The number of benzene rings is 1. The number of hydrogen-bond acceptors (Lipinski definition) is 4. The molecule has 1 aliphatic rings. The van der Waals surface area contributed by atoms with Crippen LogP contribution in [-0.4, -0.2) is 16.5 Å². The molecule has 0 radical (unpaired) electrons. The normalized spacial score (nSPS) is 14.0. The van der Waals surface area contributed by atoms with Gasteiger partial charge < -0.3 is 10.6 Å². The molecule has 1 aromatic heterocycles. The predicted molar refractivity (Wildman–Crippen MR) is 90.3 cm³/mol. The molecule has 1 heterocycles. The van der Waals surface area contributed by atoms with Crippen molar-refractivity contribution >= 4 is 33.3 Å². The Kier molecular flexibility index (Phi) is 4.10. The lowest BCUT2D eigenvalue weighted by Crippen LogP contribution is -2.05. The summed E-state index contributed by atoms with van der Waals surface area (Å²) in [6, 6.07) is 8.20. The van der Waals surface area contributed by atoms with Gasteiger partial charge >= 0.3 is 0 Å². The highest BCUT2D eigenvalue weighted by Crippen LogP contribution is 2.39. The van der Waals surface area contributed by atoms with Gasteiger partial charge in [0.25, 0.3) is 0 Å². The first kappa shape index (κ1) is 14.3. The molecule has 0 aliphatic heterocycles. The largest absolute Gasteiger partial charge is 0.370 e. The van der Waals surface area contributed by atoms with Crippen LogP contribution in [-0.2, 0) is 0 Å². The van der Waals surface area contributed by atoms with E-state index in [1.165, 1.54) is 18.4 Å². The molecule has 0 unspecified atom stereocenters. The highest BCUT2D eigenvalue weighted by Gasteiger charge is 2.27. The molecule has 1 saturated carbocycles. The summed E-state index contributed by atoms with van der Waals surface area (Å²) >= 11 is 3.58. The van der Waals surface area contributed by atoms with Crippen molar-refractivity contribution in [3.63, 3.8) is 0 Å². The van der Waals surface area contributed by atoms with E-state index in [1.54, 1.807) is 0 Å². The molecule has 0 bridgehead atoms. The fraction of sp³-hybridized carbons (Fsp3) is 0.375. The lowest BCUT2D eigenvalue weighted by Gasteiger charge is -2.12. The van der Waals surface area contributed by atoms with E-state index in [1.807, 2.05) is 12.1 Å². The maximum Gasteiger partial charge on any atom is 0.136 e. The molecular weight excluding hydrogens is 328 g/mol. The van der Waals surface area contributed by atoms with Crippen molar-refractivity contribution in [3.8, 4) is 0 Å². The van der Waals surface area contributed by atoms with Crippen LogP contribution >= 0.6 is 15.9 Å². The third-order valence-corrected chi connectivity index (χ3v) is 4.12. The van der Waals surface area contributed by atoms with Gasteiger partial charge in [-0.05, 0) is 60.3 Å². The second-order valence-corrected chi connectivity index (χ2v) is 6.26. The van der Waals surface area contributed by atoms with Crippen molar-refractivity contribution in [1.82, 2.24) is 9.97 Å². The maximum absolute atomic E-state index is 4.66. The zero-order valence-electron chi connectivity index (χ0n) is 12.3. The number of anilines is 3. The van der Waals surface area contributed by atoms with Crippen LogP contribution in [0.4, 0.5) is 17.3 Å². The molecule has 3 rings (SSSR count). The van der Waals surface area contributed by atoms with Gasteiger partial charge in [-0.1, -0.05) is 6.07 Å². The molecule has 5 heteroatoms. The summed E-state index contributed by atoms with van der Waals surface area (Å²) in [5, 5.41) is 6.68. The lowest BCUT2D eigenvalue weighted by molar-refractivity contribution is 0.927. The maximum atomic E-state index is 4.66. The van der Waals surface area contributed by atoms with E-state index in [4.69, 9.17) is 0 Å². The monoisotopic (exact) mass is 346 g/mol. The fourth-order valence-electron chi connectivity index (χ4n) is 2.20. The third kappa shape index (κ3) is 3.53. The zero-order valence-corrected chi connectivity index (χ0v) is 13.9. The highest BCUT2D eigenvalue weighted by atomic mass is 79.9. The van der Waals surface area contributed by atoms with Gasteiger partial charge in [0.1, 0.15) is 17.5 Å². The Hall–Kier alpha value is -1.62. The molecule has 2 aromatic rings. The van der Waals surface area contributed by atoms with E-state index in [-0.39, 0.29) is 0 Å². The van der Waals surface area contributed by atoms with Gasteiger partial charge in [-0.3, -0.25) is 0 Å². The molecule has 4 nitrogen and oxygen atoms in total. The predicted octanol–water partition coefficient (Wildman–Crippen LogP) is 4.60. The number of hydrogen-bond donors (Lipinski definition) is 2. The van der Waals surface area contributed by atoms with Gasteiger partial charge in [-0.25, -0.2) is 9.97 Å². The second kappa shape index (κ2) is 6.02. The van der Waals surface area contributed by atoms with Gasteiger partial charge in [0, 0.05) is 23.0 Å². The lowest BCUT2D eigenvalue weighted by atomic mass is 10.2. The van der Waals surface area contributed by atoms with E-state index in [0.29, 0.717) is 5.92 Å². The Morgan fingerprint density at radius 2 is 1.95 bits per heavy atom. The molecule has 21 heavy (non-hydrogen) atoms. The summed E-state index contributed by atoms with van der Waals surface area (Å²) in [6.45, 7) is 5.01. The molecular formula is C16H19BrN4. The van der Waals surface area contributed by atoms with Crippen molar-refractivity contribution in [2.24, 2.45) is 0 Å². The Labute approximate surface area is 133 Å². The number of nitrogens with one attached hydrogen (secondary N) is 2. The van der Waals surface area contributed by atoms with Crippen molar-refractivity contribution in [1.29, 1.82) is 0 Å². The van der Waals surface area contributed by atoms with Crippen LogP contribution in [0.5, 0.6) is 0 Å². The van der Waals surface area contributed by atoms with Crippen LogP contribution in [0.15, 0.2) is 28.7 Å². The van der Waals surface area contributed by atoms with Crippen LogP contribution < -0.4 is 10.6 Å². The third-order valence-electron chi connectivity index (χ3n) is 3.43. The first-order valence-corrected chi connectivity index (χ1v) is 8.11. The van der Waals surface area contributed by atoms with E-state index in [2.05, 4.69) is 62.5 Å². The number of nitrogens with zero attached hydrogens (tertiary/aromatic N) is 2. The number of aromatic nitrogens is 2. The van der Waals surface area contributed by atoms with Gasteiger partial charge in [0.2, 0.25) is 0 Å². The molecule has 2 N–H and O–H groups in total. The zero-order chi connectivity index (χ0) is 14.8. The molecule has 110 valence electrons. The Bertz CT molecular complexity index is 653. The van der Waals surface area contributed by atoms with E-state index >= 15 is 0 Å². The van der Waals surface area contributed by atoms with Crippen LogP contribution in [0, 0.1) is 6.92 Å². The molecule has 1 aromatic carbocycles. The molecule has 1 fully saturated rings. The van der Waals surface area contributed by atoms with Gasteiger partial charge in [0.15, 0.2) is 0 Å². The Balaban J connectivity index is 1.91. The summed E-state index contributed by atoms with van der Waals surface area (Å²) in [6.07, 6.45) is 2.40. The minimum absolute atomic E-state index is 0.533. The van der Waals surface area contributed by atoms with Crippen molar-refractivity contribution in [2.45, 2.75) is 32.6 Å². The van der Waals surface area contributed by atoms with Crippen molar-refractivity contribution < 1.29 is 0 Å². The average molecular weight is 347 g/mol. The van der Waals surface area contributed by atoms with E-state index < -0.39 is 0 Å². The summed E-state index contributed by atoms with van der Waals surface area (Å²) in [4.78, 5) is 9.25. The summed E-state index contributed by atoms with van der Waals surface area (Å²) < 4.78 is 1.03. The molecule has 0 saturated heterocycles. The summed E-state index contributed by atoms with van der Waals surface area (Å²) in [5.41, 5.74) is 2.24. The van der Waals surface area contributed by atoms with Crippen molar-refractivity contribution in [3.05, 3.63) is 40.1 Å². The van der Waals surface area contributed by atoms with Gasteiger partial charge in [0.05, 0.1) is 5.69 Å². The molecule has 0 atom stereocenters. The van der Waals surface area contributed by atoms with Gasteiger partial charge in [-0.15, -0.1) is 0 Å². The minimum Gasteiger partial charge on any atom is -0.370 e. The van der Waals surface area contributed by atoms with Crippen molar-refractivity contribution in [2.75, 3.05) is 17.2 Å². The Morgan fingerprint density at radius 1 is 1.19 bits per heavy atom. The summed E-state index contributed by atoms with van der Waals surface area (Å²) in [7, 11) is 0. The number of rotatable bonds is 5. The topological polar surface area (TPSA) is 49.8 Å². The average Bonchev–Trinajstić information content (AvgIpc) is 3.28. The smallest absolute Gasteiger partial charge is 0.136 e. The first-order valence-electron chi connectivity index (χ1n) is 7.31.